The third kappa shape index (κ3) is 5.19. The standard InChI is InChI=1S/C15H24N2O2/c18-10-6-16-13-14-4-3-5-15(12-14)19-11-9-17-7-1-2-8-17/h3-5,12,16,18H,1-2,6-11,13H2. The van der Waals surface area contributed by atoms with Gasteiger partial charge < -0.3 is 15.2 Å². The molecule has 0 radical (unpaired) electrons. The van der Waals surface area contributed by atoms with Gasteiger partial charge >= 0.3 is 0 Å². The van der Waals surface area contributed by atoms with Crippen LogP contribution in [0.2, 0.25) is 0 Å². The zero-order chi connectivity index (χ0) is 13.3. The SMILES string of the molecule is OCCNCc1cccc(OCCN2CCCC2)c1. The van der Waals surface area contributed by atoms with Gasteiger partial charge in [-0.1, -0.05) is 12.1 Å². The van der Waals surface area contributed by atoms with Gasteiger partial charge in [0.15, 0.2) is 0 Å². The summed E-state index contributed by atoms with van der Waals surface area (Å²) in [5.41, 5.74) is 1.19. The number of aliphatic hydroxyl groups is 1. The van der Waals surface area contributed by atoms with E-state index in [2.05, 4.69) is 22.3 Å². The Bertz CT molecular complexity index is 365. The highest BCUT2D eigenvalue weighted by Gasteiger charge is 2.10. The Morgan fingerprint density at radius 3 is 2.89 bits per heavy atom. The van der Waals surface area contributed by atoms with Crippen molar-refractivity contribution in [2.24, 2.45) is 0 Å². The fourth-order valence-electron chi connectivity index (χ4n) is 2.36. The van der Waals surface area contributed by atoms with E-state index >= 15 is 0 Å². The van der Waals surface area contributed by atoms with Gasteiger partial charge in [0.25, 0.3) is 0 Å². The first-order chi connectivity index (χ1) is 9.38. The van der Waals surface area contributed by atoms with E-state index in [9.17, 15) is 0 Å². The van der Waals surface area contributed by atoms with Crippen LogP contribution in [-0.4, -0.2) is 49.4 Å². The van der Waals surface area contributed by atoms with Crippen molar-refractivity contribution in [1.29, 1.82) is 0 Å². The largest absolute Gasteiger partial charge is 0.492 e. The minimum absolute atomic E-state index is 0.173. The van der Waals surface area contributed by atoms with Crippen LogP contribution in [0.15, 0.2) is 24.3 Å². The molecule has 2 N–H and O–H groups in total. The van der Waals surface area contributed by atoms with Gasteiger partial charge in [0.2, 0.25) is 0 Å². The number of benzene rings is 1. The molecule has 0 aliphatic carbocycles. The Kier molecular flexibility index (Phi) is 6.14. The van der Waals surface area contributed by atoms with Crippen LogP contribution >= 0.6 is 0 Å². The fourth-order valence-corrected chi connectivity index (χ4v) is 2.36. The second kappa shape index (κ2) is 8.15. The first-order valence-electron chi connectivity index (χ1n) is 7.14. The van der Waals surface area contributed by atoms with Crippen LogP contribution in [0.1, 0.15) is 18.4 Å². The first-order valence-corrected chi connectivity index (χ1v) is 7.14. The van der Waals surface area contributed by atoms with E-state index in [1.807, 2.05) is 12.1 Å². The molecule has 1 saturated heterocycles. The number of nitrogens with one attached hydrogen (secondary N) is 1. The summed E-state index contributed by atoms with van der Waals surface area (Å²) in [4.78, 5) is 2.45. The summed E-state index contributed by atoms with van der Waals surface area (Å²) in [6, 6.07) is 8.15. The lowest BCUT2D eigenvalue weighted by atomic mass is 10.2. The molecule has 0 saturated carbocycles. The number of ether oxygens (including phenoxy) is 1. The van der Waals surface area contributed by atoms with Gasteiger partial charge in [-0.25, -0.2) is 0 Å². The molecule has 1 fully saturated rings. The maximum atomic E-state index is 8.73. The van der Waals surface area contributed by atoms with Crippen LogP contribution in [0.5, 0.6) is 5.75 Å². The highest BCUT2D eigenvalue weighted by Crippen LogP contribution is 2.14. The molecule has 1 aliphatic rings. The van der Waals surface area contributed by atoms with Crippen molar-refractivity contribution in [2.75, 3.05) is 39.4 Å². The number of hydrogen-bond donors (Lipinski definition) is 2. The molecule has 0 bridgehead atoms. The fraction of sp³-hybridized carbons (Fsp3) is 0.600. The Balaban J connectivity index is 1.71. The Morgan fingerprint density at radius 1 is 1.26 bits per heavy atom. The number of rotatable bonds is 8. The predicted octanol–water partition coefficient (Wildman–Crippen LogP) is 1.24. The molecule has 2 rings (SSSR count). The van der Waals surface area contributed by atoms with Crippen molar-refractivity contribution < 1.29 is 9.84 Å². The summed E-state index contributed by atoms with van der Waals surface area (Å²) in [7, 11) is 0. The second-order valence-electron chi connectivity index (χ2n) is 4.94. The molecule has 4 nitrogen and oxygen atoms in total. The Hall–Kier alpha value is -1.10. The van der Waals surface area contributed by atoms with Crippen molar-refractivity contribution in [3.05, 3.63) is 29.8 Å². The summed E-state index contributed by atoms with van der Waals surface area (Å²) in [6.07, 6.45) is 2.65. The van der Waals surface area contributed by atoms with E-state index in [-0.39, 0.29) is 6.61 Å². The van der Waals surface area contributed by atoms with E-state index in [0.29, 0.717) is 6.54 Å². The highest BCUT2D eigenvalue weighted by atomic mass is 16.5. The van der Waals surface area contributed by atoms with E-state index < -0.39 is 0 Å². The van der Waals surface area contributed by atoms with Gasteiger partial charge in [0.1, 0.15) is 12.4 Å². The highest BCUT2D eigenvalue weighted by molar-refractivity contribution is 5.28. The molecular formula is C15H24N2O2. The molecule has 0 atom stereocenters. The monoisotopic (exact) mass is 264 g/mol. The van der Waals surface area contributed by atoms with Crippen LogP contribution < -0.4 is 10.1 Å². The molecule has 0 spiro atoms. The zero-order valence-electron chi connectivity index (χ0n) is 11.5. The topological polar surface area (TPSA) is 44.7 Å². The van der Waals surface area contributed by atoms with Crippen molar-refractivity contribution in [3.63, 3.8) is 0 Å². The van der Waals surface area contributed by atoms with Crippen molar-refractivity contribution in [2.45, 2.75) is 19.4 Å². The van der Waals surface area contributed by atoms with Crippen LogP contribution in [0.4, 0.5) is 0 Å². The molecule has 106 valence electrons. The van der Waals surface area contributed by atoms with Crippen molar-refractivity contribution >= 4 is 0 Å². The third-order valence-electron chi connectivity index (χ3n) is 3.39. The molecule has 1 aromatic carbocycles. The number of hydrogen-bond acceptors (Lipinski definition) is 4. The smallest absolute Gasteiger partial charge is 0.119 e. The maximum Gasteiger partial charge on any atom is 0.119 e. The van der Waals surface area contributed by atoms with Crippen LogP contribution in [0.25, 0.3) is 0 Å². The minimum atomic E-state index is 0.173. The summed E-state index contributed by atoms with van der Waals surface area (Å²) in [6.45, 7) is 5.78. The van der Waals surface area contributed by atoms with Gasteiger partial charge in [0.05, 0.1) is 6.61 Å². The molecule has 4 heteroatoms. The van der Waals surface area contributed by atoms with Gasteiger partial charge in [-0.3, -0.25) is 4.90 Å². The maximum absolute atomic E-state index is 8.73. The molecule has 1 aliphatic heterocycles. The lowest BCUT2D eigenvalue weighted by Gasteiger charge is -2.15. The van der Waals surface area contributed by atoms with Gasteiger partial charge in [-0.2, -0.15) is 0 Å². The molecular weight excluding hydrogens is 240 g/mol. The Labute approximate surface area is 115 Å². The quantitative estimate of drug-likeness (QED) is 0.694. The Morgan fingerprint density at radius 2 is 2.11 bits per heavy atom. The third-order valence-corrected chi connectivity index (χ3v) is 3.39. The summed E-state index contributed by atoms with van der Waals surface area (Å²) in [5, 5.41) is 11.9. The average molecular weight is 264 g/mol. The first kappa shape index (κ1) is 14.3. The zero-order valence-corrected chi connectivity index (χ0v) is 11.5. The van der Waals surface area contributed by atoms with Crippen LogP contribution in [-0.2, 0) is 6.54 Å². The molecule has 0 unspecified atom stereocenters. The van der Waals surface area contributed by atoms with Crippen molar-refractivity contribution in [3.8, 4) is 5.75 Å². The summed E-state index contributed by atoms with van der Waals surface area (Å²) in [5.74, 6) is 0.933. The summed E-state index contributed by atoms with van der Waals surface area (Å²) < 4.78 is 5.80. The number of aliphatic hydroxyl groups excluding tert-OH is 1. The molecule has 0 amide bonds. The molecule has 1 aromatic rings. The lowest BCUT2D eigenvalue weighted by Crippen LogP contribution is -2.25. The molecule has 19 heavy (non-hydrogen) atoms. The van der Waals surface area contributed by atoms with Gasteiger partial charge in [0, 0.05) is 19.6 Å². The average Bonchev–Trinajstić information content (AvgIpc) is 2.93. The van der Waals surface area contributed by atoms with E-state index in [1.165, 1.54) is 31.5 Å². The van der Waals surface area contributed by atoms with Gasteiger partial charge in [-0.05, 0) is 43.6 Å². The second-order valence-corrected chi connectivity index (χ2v) is 4.94. The van der Waals surface area contributed by atoms with Crippen LogP contribution in [0.3, 0.4) is 0 Å². The van der Waals surface area contributed by atoms with E-state index in [0.717, 1.165) is 25.4 Å². The van der Waals surface area contributed by atoms with E-state index in [4.69, 9.17) is 9.84 Å². The van der Waals surface area contributed by atoms with Crippen LogP contribution in [0, 0.1) is 0 Å². The normalized spacial score (nSPS) is 15.8. The van der Waals surface area contributed by atoms with Crippen molar-refractivity contribution in [1.82, 2.24) is 10.2 Å². The molecule has 0 aromatic heterocycles. The minimum Gasteiger partial charge on any atom is -0.492 e. The number of nitrogens with zero attached hydrogens (tertiary/aromatic N) is 1. The predicted molar refractivity (Wildman–Crippen MR) is 76.4 cm³/mol. The summed E-state index contributed by atoms with van der Waals surface area (Å²) >= 11 is 0. The van der Waals surface area contributed by atoms with Gasteiger partial charge in [-0.15, -0.1) is 0 Å². The van der Waals surface area contributed by atoms with E-state index in [1.54, 1.807) is 0 Å². The molecule has 1 heterocycles. The number of likely N-dealkylation sites (tertiary alicyclic amines) is 1. The lowest BCUT2D eigenvalue weighted by molar-refractivity contribution is 0.237.